The van der Waals surface area contributed by atoms with Crippen molar-refractivity contribution in [3.8, 4) is 17.3 Å². The van der Waals surface area contributed by atoms with Gasteiger partial charge in [0.05, 0.1) is 42.3 Å². The summed E-state index contributed by atoms with van der Waals surface area (Å²) < 4.78 is 11.0. The summed E-state index contributed by atoms with van der Waals surface area (Å²) in [6, 6.07) is 15.5. The molecule has 38 heavy (non-hydrogen) atoms. The summed E-state index contributed by atoms with van der Waals surface area (Å²) in [6.45, 7) is 12.4. The van der Waals surface area contributed by atoms with Crippen molar-refractivity contribution in [2.24, 2.45) is 0 Å². The number of nitriles is 1. The maximum absolute atomic E-state index is 13.0. The smallest absolute Gasteiger partial charge is 0.340 e. The van der Waals surface area contributed by atoms with Crippen molar-refractivity contribution in [1.82, 2.24) is 15.3 Å². The molecule has 0 atom stereocenters. The number of ether oxygens (including phenoxy) is 2. The first-order valence-corrected chi connectivity index (χ1v) is 12.5. The molecule has 0 radical (unpaired) electrons. The summed E-state index contributed by atoms with van der Waals surface area (Å²) in [7, 11) is 0. The number of hydrogen-bond acceptors (Lipinski definition) is 9. The van der Waals surface area contributed by atoms with Gasteiger partial charge >= 0.3 is 5.97 Å². The maximum atomic E-state index is 13.0. The minimum atomic E-state index is -0.374. The third-order valence-electron chi connectivity index (χ3n) is 6.03. The van der Waals surface area contributed by atoms with Crippen LogP contribution in [-0.4, -0.2) is 54.9 Å². The number of carbonyl (C=O) groups excluding carboxylic acids is 1. The van der Waals surface area contributed by atoms with Gasteiger partial charge in [0, 0.05) is 36.2 Å². The quantitative estimate of drug-likeness (QED) is 0.312. The number of hydrogen-bond donors (Lipinski definition) is 2. The van der Waals surface area contributed by atoms with Crippen LogP contribution in [0.25, 0.3) is 17.0 Å². The molecule has 9 nitrogen and oxygen atoms in total. The van der Waals surface area contributed by atoms with Crippen LogP contribution in [0.1, 0.15) is 35.3 Å². The van der Waals surface area contributed by atoms with E-state index in [4.69, 9.17) is 19.7 Å². The fourth-order valence-electron chi connectivity index (χ4n) is 4.14. The van der Waals surface area contributed by atoms with E-state index in [2.05, 4.69) is 27.1 Å². The molecule has 1 aliphatic heterocycles. The van der Waals surface area contributed by atoms with Gasteiger partial charge in [0.15, 0.2) is 0 Å². The molecule has 0 unspecified atom stereocenters. The molecule has 0 amide bonds. The van der Waals surface area contributed by atoms with Crippen molar-refractivity contribution in [1.29, 1.82) is 5.26 Å². The molecule has 9 heteroatoms. The van der Waals surface area contributed by atoms with Gasteiger partial charge in [-0.1, -0.05) is 30.8 Å². The van der Waals surface area contributed by atoms with E-state index in [1.54, 1.807) is 12.3 Å². The summed E-state index contributed by atoms with van der Waals surface area (Å²) in [5.74, 6) is 0.0404. The molecule has 1 aromatic heterocycles. The third-order valence-corrected chi connectivity index (χ3v) is 6.03. The zero-order valence-corrected chi connectivity index (χ0v) is 22.0. The van der Waals surface area contributed by atoms with Crippen LogP contribution in [0.4, 0.5) is 17.3 Å². The van der Waals surface area contributed by atoms with E-state index < -0.39 is 0 Å². The SMILES string of the molecule is C=C(NCC#N)c1ccc(-c2nc(Nc3ccc(N4CCOCC4)c(C(=O)OC(C)C)c3)ncc2C)cc1. The Balaban J connectivity index is 1.59. The largest absolute Gasteiger partial charge is 0.459 e. The molecule has 1 aliphatic rings. The highest BCUT2D eigenvalue weighted by atomic mass is 16.5. The molecule has 4 rings (SSSR count). The van der Waals surface area contributed by atoms with Crippen LogP contribution < -0.4 is 15.5 Å². The normalized spacial score (nSPS) is 13.1. The van der Waals surface area contributed by atoms with Crippen LogP contribution >= 0.6 is 0 Å². The maximum Gasteiger partial charge on any atom is 0.340 e. The van der Waals surface area contributed by atoms with Gasteiger partial charge in [-0.05, 0) is 50.1 Å². The Hall–Kier alpha value is -4.42. The number of rotatable bonds is 9. The molecule has 3 aromatic rings. The van der Waals surface area contributed by atoms with E-state index in [9.17, 15) is 4.79 Å². The molecule has 1 fully saturated rings. The summed E-state index contributed by atoms with van der Waals surface area (Å²) in [4.78, 5) is 24.3. The molecule has 2 N–H and O–H groups in total. The van der Waals surface area contributed by atoms with Crippen molar-refractivity contribution < 1.29 is 14.3 Å². The van der Waals surface area contributed by atoms with Crippen molar-refractivity contribution in [2.45, 2.75) is 26.9 Å². The monoisotopic (exact) mass is 512 g/mol. The average Bonchev–Trinajstić information content (AvgIpc) is 2.93. The number of carbonyl (C=O) groups is 1. The predicted molar refractivity (Wildman–Crippen MR) is 148 cm³/mol. The fraction of sp³-hybridized carbons (Fsp3) is 0.310. The Morgan fingerprint density at radius 2 is 1.95 bits per heavy atom. The summed E-state index contributed by atoms with van der Waals surface area (Å²) in [5.41, 5.74) is 6.21. The number of morpholine rings is 1. The van der Waals surface area contributed by atoms with Crippen molar-refractivity contribution >= 4 is 29.0 Å². The number of nitrogens with one attached hydrogen (secondary N) is 2. The molecule has 2 aromatic carbocycles. The lowest BCUT2D eigenvalue weighted by Crippen LogP contribution is -2.37. The van der Waals surface area contributed by atoms with E-state index in [-0.39, 0.29) is 18.6 Å². The first-order valence-electron chi connectivity index (χ1n) is 12.5. The lowest BCUT2D eigenvalue weighted by Gasteiger charge is -2.30. The Morgan fingerprint density at radius 1 is 1.21 bits per heavy atom. The van der Waals surface area contributed by atoms with Crippen LogP contribution in [0.2, 0.25) is 0 Å². The first-order chi connectivity index (χ1) is 18.4. The molecule has 0 aliphatic carbocycles. The lowest BCUT2D eigenvalue weighted by molar-refractivity contribution is 0.0378. The number of benzene rings is 2. The van der Waals surface area contributed by atoms with E-state index in [1.807, 2.05) is 63.2 Å². The zero-order chi connectivity index (χ0) is 27.1. The van der Waals surface area contributed by atoms with Gasteiger partial charge in [-0.25, -0.2) is 14.8 Å². The number of esters is 1. The number of aromatic nitrogens is 2. The highest BCUT2D eigenvalue weighted by Gasteiger charge is 2.21. The predicted octanol–water partition coefficient (Wildman–Crippen LogP) is 4.68. The second kappa shape index (κ2) is 12.2. The highest BCUT2D eigenvalue weighted by Crippen LogP contribution is 2.29. The van der Waals surface area contributed by atoms with Gasteiger partial charge in [0.25, 0.3) is 0 Å². The Bertz CT molecular complexity index is 1340. The molecule has 0 bridgehead atoms. The molecule has 2 heterocycles. The van der Waals surface area contributed by atoms with Crippen molar-refractivity contribution in [2.75, 3.05) is 43.1 Å². The Morgan fingerprint density at radius 3 is 2.63 bits per heavy atom. The van der Waals surface area contributed by atoms with Crippen LogP contribution in [0.15, 0.2) is 55.2 Å². The molecule has 0 spiro atoms. The Kier molecular flexibility index (Phi) is 8.56. The highest BCUT2D eigenvalue weighted by molar-refractivity contribution is 5.97. The topological polar surface area (TPSA) is 112 Å². The number of nitrogens with zero attached hydrogens (tertiary/aromatic N) is 4. The zero-order valence-electron chi connectivity index (χ0n) is 22.0. The lowest BCUT2D eigenvalue weighted by atomic mass is 10.0. The second-order valence-corrected chi connectivity index (χ2v) is 9.20. The number of aryl methyl sites for hydroxylation is 1. The molecule has 196 valence electrons. The standard InChI is InChI=1S/C29H32N6O3/c1-19(2)38-28(36)25-17-24(9-10-26(25)35-13-15-37-16-14-35)33-29-32-18-20(3)27(34-29)23-7-5-22(6-8-23)21(4)31-12-11-30/h5-10,17-19,31H,4,12-16H2,1-3H3,(H,32,33,34). The van der Waals surface area contributed by atoms with Gasteiger partial charge < -0.3 is 25.0 Å². The molecule has 1 saturated heterocycles. The van der Waals surface area contributed by atoms with Crippen LogP contribution in [0.5, 0.6) is 0 Å². The van der Waals surface area contributed by atoms with Gasteiger partial charge in [-0.3, -0.25) is 0 Å². The van der Waals surface area contributed by atoms with Crippen LogP contribution in [-0.2, 0) is 9.47 Å². The van der Waals surface area contributed by atoms with Crippen LogP contribution in [0, 0.1) is 18.3 Å². The van der Waals surface area contributed by atoms with Crippen molar-refractivity contribution in [3.63, 3.8) is 0 Å². The second-order valence-electron chi connectivity index (χ2n) is 9.20. The van der Waals surface area contributed by atoms with Gasteiger partial charge in [0.1, 0.15) is 6.54 Å². The van der Waals surface area contributed by atoms with E-state index in [1.165, 1.54) is 0 Å². The van der Waals surface area contributed by atoms with E-state index in [0.29, 0.717) is 49.2 Å². The Labute approximate surface area is 223 Å². The summed E-state index contributed by atoms with van der Waals surface area (Å²) in [5, 5.41) is 15.0. The molecular weight excluding hydrogens is 480 g/mol. The minimum Gasteiger partial charge on any atom is -0.459 e. The van der Waals surface area contributed by atoms with Crippen LogP contribution in [0.3, 0.4) is 0 Å². The van der Waals surface area contributed by atoms with Gasteiger partial charge in [-0.2, -0.15) is 5.26 Å². The van der Waals surface area contributed by atoms with E-state index in [0.717, 1.165) is 28.1 Å². The third kappa shape index (κ3) is 6.47. The van der Waals surface area contributed by atoms with Gasteiger partial charge in [0.2, 0.25) is 5.95 Å². The minimum absolute atomic E-state index is 0.199. The van der Waals surface area contributed by atoms with E-state index >= 15 is 0 Å². The molecular formula is C29H32N6O3. The fourth-order valence-corrected chi connectivity index (χ4v) is 4.14. The number of anilines is 3. The average molecular weight is 513 g/mol. The summed E-state index contributed by atoms with van der Waals surface area (Å²) >= 11 is 0. The first kappa shape index (κ1) is 26.6. The molecule has 0 saturated carbocycles. The summed E-state index contributed by atoms with van der Waals surface area (Å²) in [6.07, 6.45) is 1.53. The van der Waals surface area contributed by atoms with Crippen molar-refractivity contribution in [3.05, 3.63) is 71.9 Å². The van der Waals surface area contributed by atoms with Gasteiger partial charge in [-0.15, -0.1) is 0 Å².